The average Bonchev–Trinajstić information content (AvgIpc) is 2.41. The predicted molar refractivity (Wildman–Crippen MR) is 117 cm³/mol. The molecule has 0 aliphatic heterocycles. The Bertz CT molecular complexity index is 534. The number of rotatable bonds is 7. The van der Waals surface area contributed by atoms with Crippen LogP contribution in [0.2, 0.25) is 0 Å². The molecule has 0 saturated heterocycles. The fourth-order valence-corrected chi connectivity index (χ4v) is 2.23. The minimum absolute atomic E-state index is 0.0608. The van der Waals surface area contributed by atoms with Gasteiger partial charge >= 0.3 is 0 Å². The van der Waals surface area contributed by atoms with Crippen molar-refractivity contribution in [1.29, 1.82) is 0 Å². The molecule has 0 aliphatic rings. The highest BCUT2D eigenvalue weighted by Crippen LogP contribution is 2.42. The molecule has 0 saturated carbocycles. The normalized spacial score (nSPS) is 14.9. The van der Waals surface area contributed by atoms with E-state index in [0.717, 1.165) is 12.8 Å². The van der Waals surface area contributed by atoms with Crippen LogP contribution in [0.1, 0.15) is 89.0 Å². The summed E-state index contributed by atoms with van der Waals surface area (Å²) < 4.78 is 0. The van der Waals surface area contributed by atoms with Crippen molar-refractivity contribution in [2.24, 2.45) is 21.7 Å². The molecule has 0 N–H and O–H groups in total. The lowest BCUT2D eigenvalue weighted by Crippen LogP contribution is -2.27. The van der Waals surface area contributed by atoms with Gasteiger partial charge in [0.05, 0.1) is 0 Å². The maximum absolute atomic E-state index is 4.43. The van der Waals surface area contributed by atoms with Gasteiger partial charge in [0.1, 0.15) is 0 Å². The molecular weight excluding hydrogens is 300 g/mol. The first-order chi connectivity index (χ1) is 11.0. The van der Waals surface area contributed by atoms with Crippen molar-refractivity contribution in [2.45, 2.75) is 89.0 Å². The summed E-state index contributed by atoms with van der Waals surface area (Å²) in [6.07, 6.45) is 9.11. The van der Waals surface area contributed by atoms with E-state index in [0.29, 0.717) is 0 Å². The Hall–Kier alpha value is -1.04. The van der Waals surface area contributed by atoms with E-state index in [-0.39, 0.29) is 21.7 Å². The summed E-state index contributed by atoms with van der Waals surface area (Å²) >= 11 is 0. The van der Waals surface area contributed by atoms with Crippen molar-refractivity contribution < 1.29 is 0 Å². The first-order valence-electron chi connectivity index (χ1n) is 9.76. The van der Waals surface area contributed by atoms with Crippen molar-refractivity contribution in [3.05, 3.63) is 48.1 Å². The molecule has 0 atom stereocenters. The minimum atomic E-state index is -0.0608. The molecule has 0 heteroatoms. The zero-order chi connectivity index (χ0) is 20.3. The van der Waals surface area contributed by atoms with Crippen LogP contribution in [0.15, 0.2) is 48.1 Å². The lowest BCUT2D eigenvalue weighted by molar-refractivity contribution is 0.192. The van der Waals surface area contributed by atoms with Gasteiger partial charge in [-0.2, -0.15) is 0 Å². The highest BCUT2D eigenvalue weighted by Gasteiger charge is 2.31. The van der Waals surface area contributed by atoms with E-state index in [1.807, 2.05) is 0 Å². The van der Waals surface area contributed by atoms with Crippen LogP contribution in [0.4, 0.5) is 0 Å². The van der Waals surface area contributed by atoms with Crippen LogP contribution in [0, 0.1) is 21.7 Å². The summed E-state index contributed by atoms with van der Waals surface area (Å²) in [5, 5.41) is 0. The third-order valence-corrected chi connectivity index (χ3v) is 6.07. The lowest BCUT2D eigenvalue weighted by atomic mass is 9.68. The summed E-state index contributed by atoms with van der Waals surface area (Å²) in [6.45, 7) is 33.7. The van der Waals surface area contributed by atoms with Crippen molar-refractivity contribution >= 4 is 0 Å². The van der Waals surface area contributed by atoms with E-state index in [9.17, 15) is 0 Å². The number of allylic oxidation sites excluding steroid dienone is 6. The van der Waals surface area contributed by atoms with Gasteiger partial charge < -0.3 is 0 Å². The van der Waals surface area contributed by atoms with Crippen LogP contribution in [0.3, 0.4) is 0 Å². The van der Waals surface area contributed by atoms with Gasteiger partial charge in [-0.15, -0.1) is 0 Å². The van der Waals surface area contributed by atoms with Gasteiger partial charge in [0.15, 0.2) is 0 Å². The maximum Gasteiger partial charge on any atom is 0.0102 e. The SMILES string of the molecule is C=C(/C=C(/CCC)C(C)(C)C(=C)/C=C\C(C)(C)C(C)(C)C)C(C)(C)C. The number of hydrogen-bond donors (Lipinski definition) is 0. The van der Waals surface area contributed by atoms with Crippen molar-refractivity contribution in [2.75, 3.05) is 0 Å². The molecule has 0 aliphatic carbocycles. The van der Waals surface area contributed by atoms with Crippen molar-refractivity contribution in [3.8, 4) is 0 Å². The second-order valence-corrected chi connectivity index (χ2v) is 10.7. The Labute approximate surface area is 159 Å². The zero-order valence-electron chi connectivity index (χ0n) is 19.1. The first-order valence-corrected chi connectivity index (χ1v) is 9.76. The molecule has 0 aromatic carbocycles. The van der Waals surface area contributed by atoms with Crippen molar-refractivity contribution in [1.82, 2.24) is 0 Å². The Balaban J connectivity index is 5.71. The second kappa shape index (κ2) is 8.11. The fraction of sp³-hybridized carbons (Fsp3) is 0.680. The molecule has 0 aromatic heterocycles. The highest BCUT2D eigenvalue weighted by atomic mass is 14.4. The van der Waals surface area contributed by atoms with E-state index in [1.54, 1.807) is 0 Å². The smallest absolute Gasteiger partial charge is 0.0102 e. The van der Waals surface area contributed by atoms with Gasteiger partial charge in [-0.1, -0.05) is 120 Å². The Morgan fingerprint density at radius 1 is 0.800 bits per heavy atom. The molecule has 0 rings (SSSR count). The van der Waals surface area contributed by atoms with Crippen molar-refractivity contribution in [3.63, 3.8) is 0 Å². The summed E-state index contributed by atoms with van der Waals surface area (Å²) in [5.41, 5.74) is 4.17. The molecule has 144 valence electrons. The third kappa shape index (κ3) is 6.65. The van der Waals surface area contributed by atoms with Gasteiger partial charge in [-0.05, 0) is 33.8 Å². The predicted octanol–water partition coefficient (Wildman–Crippen LogP) is 8.53. The Morgan fingerprint density at radius 3 is 1.64 bits per heavy atom. The average molecular weight is 345 g/mol. The van der Waals surface area contributed by atoms with Crippen LogP contribution in [-0.2, 0) is 0 Å². The van der Waals surface area contributed by atoms with Crippen LogP contribution in [-0.4, -0.2) is 0 Å². The molecule has 0 heterocycles. The van der Waals surface area contributed by atoms with Gasteiger partial charge in [-0.3, -0.25) is 0 Å². The third-order valence-electron chi connectivity index (χ3n) is 6.07. The van der Waals surface area contributed by atoms with Gasteiger partial charge in [0.2, 0.25) is 0 Å². The molecule has 0 aromatic rings. The molecular formula is C25H44. The Kier molecular flexibility index (Phi) is 7.77. The summed E-state index contributed by atoms with van der Waals surface area (Å²) in [6, 6.07) is 0. The highest BCUT2D eigenvalue weighted by molar-refractivity contribution is 5.38. The molecule has 0 bridgehead atoms. The Morgan fingerprint density at radius 2 is 1.28 bits per heavy atom. The standard InChI is InChI=1S/C25H44/c1-14-15-21(18-20(3)22(4,5)6)25(12,13)19(2)16-17-24(10,11)23(7,8)9/h16-18H,2-3,14-15H2,1,4-13H3/b17-16-,21-18-. The fourth-order valence-electron chi connectivity index (χ4n) is 2.23. The van der Waals surface area contributed by atoms with E-state index in [1.165, 1.54) is 16.7 Å². The van der Waals surface area contributed by atoms with E-state index < -0.39 is 0 Å². The maximum atomic E-state index is 4.43. The second-order valence-electron chi connectivity index (χ2n) is 10.7. The van der Waals surface area contributed by atoms with E-state index in [4.69, 9.17) is 0 Å². The van der Waals surface area contributed by atoms with E-state index in [2.05, 4.69) is 108 Å². The van der Waals surface area contributed by atoms with Crippen LogP contribution < -0.4 is 0 Å². The molecule has 0 unspecified atom stereocenters. The minimum Gasteiger partial charge on any atom is -0.0953 e. The molecule has 0 spiro atoms. The first kappa shape index (κ1) is 24.0. The molecule has 0 radical (unpaired) electrons. The van der Waals surface area contributed by atoms with Crippen LogP contribution in [0.25, 0.3) is 0 Å². The molecule has 0 amide bonds. The van der Waals surface area contributed by atoms with Gasteiger partial charge in [-0.25, -0.2) is 0 Å². The summed E-state index contributed by atoms with van der Waals surface area (Å²) in [5.74, 6) is 0. The topological polar surface area (TPSA) is 0 Å². The molecule has 0 nitrogen and oxygen atoms in total. The quantitative estimate of drug-likeness (QED) is 0.406. The van der Waals surface area contributed by atoms with Gasteiger partial charge in [0.25, 0.3) is 0 Å². The van der Waals surface area contributed by atoms with Gasteiger partial charge in [0, 0.05) is 5.41 Å². The zero-order valence-corrected chi connectivity index (χ0v) is 19.1. The largest absolute Gasteiger partial charge is 0.0953 e. The summed E-state index contributed by atoms with van der Waals surface area (Å²) in [4.78, 5) is 0. The monoisotopic (exact) mass is 344 g/mol. The van der Waals surface area contributed by atoms with E-state index >= 15 is 0 Å². The summed E-state index contributed by atoms with van der Waals surface area (Å²) in [7, 11) is 0. The van der Waals surface area contributed by atoms with Crippen LogP contribution >= 0.6 is 0 Å². The van der Waals surface area contributed by atoms with Crippen LogP contribution in [0.5, 0.6) is 0 Å². The molecule has 25 heavy (non-hydrogen) atoms. The molecule has 0 fully saturated rings. The number of hydrogen-bond acceptors (Lipinski definition) is 0. The lowest BCUT2D eigenvalue weighted by Gasteiger charge is -2.37.